The molecule has 1 aliphatic carbocycles. The molecule has 2 fully saturated rings. The first kappa shape index (κ1) is 16.1. The van der Waals surface area contributed by atoms with Crippen LogP contribution >= 0.6 is 11.3 Å². The number of thiazole rings is 1. The van der Waals surface area contributed by atoms with Crippen LogP contribution in [-0.2, 0) is 9.31 Å². The van der Waals surface area contributed by atoms with E-state index in [1.165, 1.54) is 0 Å². The predicted molar refractivity (Wildman–Crippen MR) is 94.7 cm³/mol. The summed E-state index contributed by atoms with van der Waals surface area (Å²) in [6.07, 6.45) is 6.04. The number of rotatable bonds is 4. The maximum absolute atomic E-state index is 6.21. The Morgan fingerprint density at radius 1 is 1.17 bits per heavy atom. The third-order valence-corrected chi connectivity index (χ3v) is 5.69. The fraction of sp³-hybridized carbons (Fsp3) is 0.529. The average Bonchev–Trinajstić information content (AvgIpc) is 3.08. The van der Waals surface area contributed by atoms with E-state index in [4.69, 9.17) is 14.0 Å². The zero-order valence-corrected chi connectivity index (χ0v) is 15.2. The first-order chi connectivity index (χ1) is 11.4. The zero-order valence-electron chi connectivity index (χ0n) is 14.4. The third kappa shape index (κ3) is 2.85. The van der Waals surface area contributed by atoms with Crippen LogP contribution in [0.1, 0.15) is 40.5 Å². The molecule has 1 aliphatic heterocycles. The molecule has 0 bridgehead atoms. The van der Waals surface area contributed by atoms with Crippen LogP contribution in [0.15, 0.2) is 23.8 Å². The second kappa shape index (κ2) is 5.54. The minimum absolute atomic E-state index is 0.268. The number of hydrogen-bond acceptors (Lipinski definition) is 6. The minimum Gasteiger partial charge on any atom is -0.475 e. The Kier molecular flexibility index (Phi) is 3.71. The number of pyridine rings is 1. The molecule has 1 saturated heterocycles. The van der Waals surface area contributed by atoms with Gasteiger partial charge < -0.3 is 14.0 Å². The summed E-state index contributed by atoms with van der Waals surface area (Å²) in [5, 5.41) is 2.89. The molecule has 2 aromatic heterocycles. The molecule has 2 aromatic rings. The molecule has 0 spiro atoms. The van der Waals surface area contributed by atoms with E-state index in [0.29, 0.717) is 5.88 Å². The molecule has 0 amide bonds. The van der Waals surface area contributed by atoms with Crippen molar-refractivity contribution in [2.24, 2.45) is 0 Å². The summed E-state index contributed by atoms with van der Waals surface area (Å²) in [6, 6.07) is 2.03. The number of nitrogens with zero attached hydrogens (tertiary/aromatic N) is 2. The lowest BCUT2D eigenvalue weighted by Crippen LogP contribution is -2.41. The van der Waals surface area contributed by atoms with Gasteiger partial charge in [0.2, 0.25) is 5.88 Å². The second-order valence-corrected chi connectivity index (χ2v) is 8.26. The van der Waals surface area contributed by atoms with Gasteiger partial charge in [0.15, 0.2) is 0 Å². The lowest BCUT2D eigenvalue weighted by molar-refractivity contribution is 0.00578. The highest BCUT2D eigenvalue weighted by Gasteiger charge is 2.53. The zero-order chi connectivity index (χ0) is 16.9. The molecule has 5 nitrogen and oxygen atoms in total. The van der Waals surface area contributed by atoms with Crippen molar-refractivity contribution in [2.75, 3.05) is 0 Å². The van der Waals surface area contributed by atoms with Crippen molar-refractivity contribution in [3.05, 3.63) is 23.8 Å². The van der Waals surface area contributed by atoms with Crippen molar-refractivity contribution < 1.29 is 14.0 Å². The van der Waals surface area contributed by atoms with Crippen LogP contribution in [-0.4, -0.2) is 34.4 Å². The van der Waals surface area contributed by atoms with E-state index in [-0.39, 0.29) is 6.10 Å². The van der Waals surface area contributed by atoms with Crippen molar-refractivity contribution in [3.63, 3.8) is 0 Å². The predicted octanol–water partition coefficient (Wildman–Crippen LogP) is 3.05. The average molecular weight is 344 g/mol. The Morgan fingerprint density at radius 3 is 2.46 bits per heavy atom. The molecule has 0 atom stereocenters. The normalized spacial score (nSPS) is 21.9. The van der Waals surface area contributed by atoms with Crippen LogP contribution in [0.5, 0.6) is 5.88 Å². The molecule has 0 aromatic carbocycles. The fourth-order valence-corrected chi connectivity index (χ4v) is 3.15. The Labute approximate surface area is 146 Å². The summed E-state index contributed by atoms with van der Waals surface area (Å²) in [5.41, 5.74) is 1.00. The van der Waals surface area contributed by atoms with Crippen molar-refractivity contribution >= 4 is 23.9 Å². The van der Waals surface area contributed by atoms with E-state index < -0.39 is 18.3 Å². The molecule has 0 unspecified atom stereocenters. The Balaban J connectivity index is 1.72. The van der Waals surface area contributed by atoms with Gasteiger partial charge in [-0.15, -0.1) is 11.3 Å². The summed E-state index contributed by atoms with van der Waals surface area (Å²) in [4.78, 5) is 8.91. The van der Waals surface area contributed by atoms with E-state index in [1.54, 1.807) is 17.5 Å². The van der Waals surface area contributed by atoms with Gasteiger partial charge in [0.1, 0.15) is 11.1 Å². The van der Waals surface area contributed by atoms with Gasteiger partial charge in [0, 0.05) is 28.8 Å². The van der Waals surface area contributed by atoms with Gasteiger partial charge in [0.05, 0.1) is 11.2 Å². The van der Waals surface area contributed by atoms with Gasteiger partial charge in [0.25, 0.3) is 0 Å². The van der Waals surface area contributed by atoms with Gasteiger partial charge in [-0.1, -0.05) is 0 Å². The Bertz CT molecular complexity index is 728. The second-order valence-electron chi connectivity index (χ2n) is 7.36. The minimum atomic E-state index is -0.490. The summed E-state index contributed by atoms with van der Waals surface area (Å²) < 4.78 is 18.4. The van der Waals surface area contributed by atoms with Crippen molar-refractivity contribution in [1.82, 2.24) is 9.97 Å². The summed E-state index contributed by atoms with van der Waals surface area (Å²) >= 11 is 1.59. The van der Waals surface area contributed by atoms with Crippen LogP contribution < -0.4 is 10.2 Å². The topological polar surface area (TPSA) is 53.5 Å². The van der Waals surface area contributed by atoms with Crippen LogP contribution in [0.4, 0.5) is 0 Å². The smallest absolute Gasteiger partial charge is 0.475 e. The number of hydrogen-bond donors (Lipinski definition) is 0. The lowest BCUT2D eigenvalue weighted by Gasteiger charge is -2.32. The van der Waals surface area contributed by atoms with E-state index in [1.807, 2.05) is 45.3 Å². The molecule has 1 saturated carbocycles. The van der Waals surface area contributed by atoms with Crippen molar-refractivity contribution in [3.8, 4) is 16.5 Å². The number of aromatic nitrogens is 2. The maximum atomic E-state index is 6.21. The first-order valence-electron chi connectivity index (χ1n) is 8.28. The van der Waals surface area contributed by atoms with Gasteiger partial charge >= 0.3 is 7.12 Å². The van der Waals surface area contributed by atoms with E-state index >= 15 is 0 Å². The van der Waals surface area contributed by atoms with Crippen molar-refractivity contribution in [2.45, 2.75) is 57.8 Å². The molecule has 24 heavy (non-hydrogen) atoms. The van der Waals surface area contributed by atoms with Gasteiger partial charge in [-0.25, -0.2) is 9.97 Å². The van der Waals surface area contributed by atoms with Crippen LogP contribution in [0.25, 0.3) is 10.6 Å². The van der Waals surface area contributed by atoms with Crippen LogP contribution in [0.3, 0.4) is 0 Å². The maximum Gasteiger partial charge on any atom is 0.500 e. The molecule has 7 heteroatoms. The Morgan fingerprint density at radius 2 is 1.88 bits per heavy atom. The van der Waals surface area contributed by atoms with Crippen LogP contribution in [0, 0.1) is 0 Å². The van der Waals surface area contributed by atoms with Gasteiger partial charge in [-0.3, -0.25) is 0 Å². The molecular formula is C17H21BN2O3S. The van der Waals surface area contributed by atoms with Crippen LogP contribution in [0.2, 0.25) is 0 Å². The molecule has 3 heterocycles. The SMILES string of the molecule is CC1(C)OB(c2cc(-c3nccs3)cnc2OC2CC2)OC1(C)C. The number of ether oxygens (including phenoxy) is 1. The fourth-order valence-electron chi connectivity index (χ4n) is 2.53. The monoisotopic (exact) mass is 344 g/mol. The largest absolute Gasteiger partial charge is 0.500 e. The molecule has 126 valence electrons. The Hall–Kier alpha value is -1.44. The first-order valence-corrected chi connectivity index (χ1v) is 9.16. The van der Waals surface area contributed by atoms with Gasteiger partial charge in [-0.2, -0.15) is 0 Å². The summed E-state index contributed by atoms with van der Waals surface area (Å²) in [6.45, 7) is 8.19. The highest BCUT2D eigenvalue weighted by molar-refractivity contribution is 7.13. The van der Waals surface area contributed by atoms with E-state index in [9.17, 15) is 0 Å². The lowest BCUT2D eigenvalue weighted by atomic mass is 9.79. The van der Waals surface area contributed by atoms with Crippen molar-refractivity contribution in [1.29, 1.82) is 0 Å². The summed E-state index contributed by atoms with van der Waals surface area (Å²) in [7, 11) is -0.490. The van der Waals surface area contributed by atoms with E-state index in [2.05, 4.69) is 9.97 Å². The molecule has 4 rings (SSSR count). The third-order valence-electron chi connectivity index (χ3n) is 4.87. The molecule has 0 N–H and O–H groups in total. The molecule has 2 aliphatic rings. The molecular weight excluding hydrogens is 323 g/mol. The highest BCUT2D eigenvalue weighted by atomic mass is 32.1. The quantitative estimate of drug-likeness (QED) is 0.798. The molecule has 0 radical (unpaired) electrons. The standard InChI is InChI=1S/C17H21BN2O3S/c1-16(2)17(3,4)23-18(22-16)13-9-11(15-19-7-8-24-15)10-20-14(13)21-12-5-6-12/h7-10,12H,5-6H2,1-4H3. The summed E-state index contributed by atoms with van der Waals surface area (Å²) in [5.74, 6) is 0.608. The van der Waals surface area contributed by atoms with E-state index in [0.717, 1.165) is 28.9 Å². The van der Waals surface area contributed by atoms with Gasteiger partial charge in [-0.05, 0) is 46.6 Å². The highest BCUT2D eigenvalue weighted by Crippen LogP contribution is 2.38.